The molecule has 5 heteroatoms. The van der Waals surface area contributed by atoms with Crippen molar-refractivity contribution in [2.24, 2.45) is 0 Å². The van der Waals surface area contributed by atoms with Gasteiger partial charge in [-0.25, -0.2) is 0 Å². The quantitative estimate of drug-likeness (QED) is 0.765. The number of benzene rings is 1. The first kappa shape index (κ1) is 14.2. The number of carboxylic acid groups (broad SMARTS) is 2. The standard InChI is InChI=1S/C13H17NO4/c1-10-2-4-11(5-3-10)8-14(9-13(17)18)7-6-12(15)16/h2-5H,6-9H2,1H3,(H,15,16)(H,17,18). The van der Waals surface area contributed by atoms with Crippen LogP contribution in [0.4, 0.5) is 0 Å². The molecule has 0 fully saturated rings. The molecule has 1 aromatic carbocycles. The van der Waals surface area contributed by atoms with E-state index in [0.717, 1.165) is 11.1 Å². The minimum absolute atomic E-state index is 0.0564. The van der Waals surface area contributed by atoms with Crippen molar-refractivity contribution in [2.75, 3.05) is 13.1 Å². The van der Waals surface area contributed by atoms with E-state index in [1.165, 1.54) is 0 Å². The Morgan fingerprint density at radius 2 is 1.72 bits per heavy atom. The van der Waals surface area contributed by atoms with Gasteiger partial charge < -0.3 is 10.2 Å². The van der Waals surface area contributed by atoms with Gasteiger partial charge in [0.1, 0.15) is 0 Å². The highest BCUT2D eigenvalue weighted by molar-refractivity contribution is 5.69. The maximum Gasteiger partial charge on any atom is 0.317 e. The Balaban J connectivity index is 2.61. The molecule has 1 aromatic rings. The van der Waals surface area contributed by atoms with E-state index in [2.05, 4.69) is 0 Å². The molecule has 0 unspecified atom stereocenters. The maximum atomic E-state index is 10.7. The summed E-state index contributed by atoms with van der Waals surface area (Å²) in [6.45, 7) is 2.50. The van der Waals surface area contributed by atoms with E-state index in [9.17, 15) is 9.59 Å². The molecule has 0 amide bonds. The topological polar surface area (TPSA) is 77.8 Å². The number of aryl methyl sites for hydroxylation is 1. The lowest BCUT2D eigenvalue weighted by Gasteiger charge is -2.19. The highest BCUT2D eigenvalue weighted by atomic mass is 16.4. The molecule has 18 heavy (non-hydrogen) atoms. The summed E-state index contributed by atoms with van der Waals surface area (Å²) in [6, 6.07) is 7.74. The number of carboxylic acids is 2. The van der Waals surface area contributed by atoms with Crippen molar-refractivity contribution < 1.29 is 19.8 Å². The van der Waals surface area contributed by atoms with Crippen LogP contribution < -0.4 is 0 Å². The Morgan fingerprint density at radius 1 is 1.11 bits per heavy atom. The summed E-state index contributed by atoms with van der Waals surface area (Å²) in [4.78, 5) is 22.8. The van der Waals surface area contributed by atoms with Gasteiger partial charge in [-0.2, -0.15) is 0 Å². The van der Waals surface area contributed by atoms with Crippen molar-refractivity contribution in [3.8, 4) is 0 Å². The third-order valence-corrected chi connectivity index (χ3v) is 2.53. The first-order valence-corrected chi connectivity index (χ1v) is 5.69. The molecule has 0 spiro atoms. The fraction of sp³-hybridized carbons (Fsp3) is 0.385. The van der Waals surface area contributed by atoms with Crippen LogP contribution in [0.1, 0.15) is 17.5 Å². The van der Waals surface area contributed by atoms with Crippen LogP contribution in [0.2, 0.25) is 0 Å². The molecule has 0 bridgehead atoms. The average molecular weight is 251 g/mol. The molecule has 2 N–H and O–H groups in total. The summed E-state index contributed by atoms with van der Waals surface area (Å²) in [6.07, 6.45) is -0.0564. The molecule has 0 aliphatic heterocycles. The van der Waals surface area contributed by atoms with Gasteiger partial charge >= 0.3 is 11.9 Å². The zero-order chi connectivity index (χ0) is 13.5. The number of rotatable bonds is 7. The monoisotopic (exact) mass is 251 g/mol. The van der Waals surface area contributed by atoms with Crippen molar-refractivity contribution in [1.82, 2.24) is 4.90 Å². The van der Waals surface area contributed by atoms with E-state index in [1.807, 2.05) is 31.2 Å². The SMILES string of the molecule is Cc1ccc(CN(CCC(=O)O)CC(=O)O)cc1. The molecule has 0 atom stereocenters. The van der Waals surface area contributed by atoms with Crippen LogP contribution in [-0.4, -0.2) is 40.1 Å². The molecule has 0 aromatic heterocycles. The van der Waals surface area contributed by atoms with Gasteiger partial charge in [-0.3, -0.25) is 14.5 Å². The van der Waals surface area contributed by atoms with Gasteiger partial charge in [-0.15, -0.1) is 0 Å². The second-order valence-electron chi connectivity index (χ2n) is 4.23. The van der Waals surface area contributed by atoms with Gasteiger partial charge in [-0.05, 0) is 12.5 Å². The molecular formula is C13H17NO4. The van der Waals surface area contributed by atoms with E-state index in [1.54, 1.807) is 4.90 Å². The van der Waals surface area contributed by atoms with Gasteiger partial charge in [0.2, 0.25) is 0 Å². The number of nitrogens with zero attached hydrogens (tertiary/aromatic N) is 1. The lowest BCUT2D eigenvalue weighted by Crippen LogP contribution is -2.31. The van der Waals surface area contributed by atoms with Crippen molar-refractivity contribution in [1.29, 1.82) is 0 Å². The van der Waals surface area contributed by atoms with Crippen molar-refractivity contribution in [3.63, 3.8) is 0 Å². The van der Waals surface area contributed by atoms with Crippen LogP contribution in [0.5, 0.6) is 0 Å². The predicted molar refractivity (Wildman–Crippen MR) is 66.3 cm³/mol. The predicted octanol–water partition coefficient (Wildman–Crippen LogP) is 1.36. The zero-order valence-corrected chi connectivity index (χ0v) is 10.3. The number of aliphatic carboxylic acids is 2. The van der Waals surface area contributed by atoms with E-state index < -0.39 is 11.9 Å². The largest absolute Gasteiger partial charge is 0.481 e. The minimum Gasteiger partial charge on any atom is -0.481 e. The maximum absolute atomic E-state index is 10.7. The highest BCUT2D eigenvalue weighted by Crippen LogP contribution is 2.07. The summed E-state index contributed by atoms with van der Waals surface area (Å²) in [5.74, 6) is -1.87. The fourth-order valence-electron chi connectivity index (χ4n) is 1.61. The van der Waals surface area contributed by atoms with Crippen LogP contribution in [0.15, 0.2) is 24.3 Å². The molecule has 0 radical (unpaired) electrons. The van der Waals surface area contributed by atoms with E-state index in [4.69, 9.17) is 10.2 Å². The Kier molecular flexibility index (Phi) is 5.32. The smallest absolute Gasteiger partial charge is 0.317 e. The summed E-state index contributed by atoms with van der Waals surface area (Å²) >= 11 is 0. The van der Waals surface area contributed by atoms with Crippen molar-refractivity contribution >= 4 is 11.9 Å². The summed E-state index contributed by atoms with van der Waals surface area (Å²) in [5.41, 5.74) is 2.11. The van der Waals surface area contributed by atoms with E-state index >= 15 is 0 Å². The van der Waals surface area contributed by atoms with Crippen molar-refractivity contribution in [2.45, 2.75) is 19.9 Å². The molecular weight excluding hydrogens is 234 g/mol. The zero-order valence-electron chi connectivity index (χ0n) is 10.3. The first-order valence-electron chi connectivity index (χ1n) is 5.69. The molecule has 98 valence electrons. The van der Waals surface area contributed by atoms with E-state index in [-0.39, 0.29) is 19.5 Å². The van der Waals surface area contributed by atoms with E-state index in [0.29, 0.717) is 6.54 Å². The van der Waals surface area contributed by atoms with Gasteiger partial charge in [0.05, 0.1) is 13.0 Å². The second-order valence-corrected chi connectivity index (χ2v) is 4.23. The fourth-order valence-corrected chi connectivity index (χ4v) is 1.61. The molecule has 1 rings (SSSR count). The number of carbonyl (C=O) groups is 2. The normalized spacial score (nSPS) is 10.6. The lowest BCUT2D eigenvalue weighted by atomic mass is 10.1. The molecule has 0 aliphatic rings. The summed E-state index contributed by atoms with van der Waals surface area (Å²) in [7, 11) is 0. The average Bonchev–Trinajstić information content (AvgIpc) is 2.28. The first-order chi connectivity index (χ1) is 8.47. The van der Waals surface area contributed by atoms with Gasteiger partial charge in [0.15, 0.2) is 0 Å². The summed E-state index contributed by atoms with van der Waals surface area (Å²) in [5, 5.41) is 17.4. The number of hydrogen-bond acceptors (Lipinski definition) is 3. The van der Waals surface area contributed by atoms with Crippen LogP contribution >= 0.6 is 0 Å². The molecule has 0 aliphatic carbocycles. The van der Waals surface area contributed by atoms with Crippen LogP contribution in [0, 0.1) is 6.92 Å². The van der Waals surface area contributed by atoms with Gasteiger partial charge in [0, 0.05) is 13.1 Å². The molecule has 5 nitrogen and oxygen atoms in total. The van der Waals surface area contributed by atoms with Gasteiger partial charge in [0.25, 0.3) is 0 Å². The third-order valence-electron chi connectivity index (χ3n) is 2.53. The Labute approximate surface area is 106 Å². The Hall–Kier alpha value is -1.88. The van der Waals surface area contributed by atoms with Crippen LogP contribution in [-0.2, 0) is 16.1 Å². The highest BCUT2D eigenvalue weighted by Gasteiger charge is 2.11. The second kappa shape index (κ2) is 6.76. The molecule has 0 saturated carbocycles. The Morgan fingerprint density at radius 3 is 2.22 bits per heavy atom. The number of hydrogen-bond donors (Lipinski definition) is 2. The summed E-state index contributed by atoms with van der Waals surface area (Å²) < 4.78 is 0. The van der Waals surface area contributed by atoms with Gasteiger partial charge in [-0.1, -0.05) is 29.8 Å². The molecule has 0 saturated heterocycles. The van der Waals surface area contributed by atoms with Crippen LogP contribution in [0.25, 0.3) is 0 Å². The third kappa shape index (κ3) is 5.45. The van der Waals surface area contributed by atoms with Crippen molar-refractivity contribution in [3.05, 3.63) is 35.4 Å². The minimum atomic E-state index is -0.951. The Bertz CT molecular complexity index is 414. The molecule has 0 heterocycles. The van der Waals surface area contributed by atoms with Crippen LogP contribution in [0.3, 0.4) is 0 Å². The lowest BCUT2D eigenvalue weighted by molar-refractivity contribution is -0.141.